The van der Waals surface area contributed by atoms with Gasteiger partial charge < -0.3 is 14.7 Å². The van der Waals surface area contributed by atoms with Gasteiger partial charge in [0, 0.05) is 32.7 Å². The molecule has 122 valence electrons. The molecule has 0 aliphatic carbocycles. The van der Waals surface area contributed by atoms with Crippen molar-refractivity contribution in [3.05, 3.63) is 35.9 Å². The molecule has 22 heavy (non-hydrogen) atoms. The molecule has 0 spiro atoms. The minimum absolute atomic E-state index is 0.244. The van der Waals surface area contributed by atoms with Gasteiger partial charge in [-0.1, -0.05) is 30.3 Å². The highest BCUT2D eigenvalue weighted by molar-refractivity contribution is 5.67. The predicted octanol–water partition coefficient (Wildman–Crippen LogP) is 2.10. The molecule has 0 atom stereocenters. The second kappa shape index (κ2) is 7.61. The van der Waals surface area contributed by atoms with Crippen molar-refractivity contribution in [2.45, 2.75) is 32.5 Å². The first kappa shape index (κ1) is 16.8. The van der Waals surface area contributed by atoms with Gasteiger partial charge in [-0.05, 0) is 25.8 Å². The van der Waals surface area contributed by atoms with E-state index >= 15 is 0 Å². The number of nitrogens with zero attached hydrogens (tertiary/aromatic N) is 2. The molecule has 1 saturated heterocycles. The van der Waals surface area contributed by atoms with Crippen LogP contribution < -0.4 is 0 Å². The minimum atomic E-state index is -0.633. The Morgan fingerprint density at radius 3 is 2.41 bits per heavy atom. The minimum Gasteiger partial charge on any atom is -0.445 e. The van der Waals surface area contributed by atoms with Crippen molar-refractivity contribution in [3.8, 4) is 0 Å². The predicted molar refractivity (Wildman–Crippen MR) is 85.6 cm³/mol. The molecule has 0 saturated carbocycles. The van der Waals surface area contributed by atoms with Crippen LogP contribution in [0.3, 0.4) is 0 Å². The number of hydrogen-bond acceptors (Lipinski definition) is 4. The van der Waals surface area contributed by atoms with E-state index in [0.717, 1.165) is 31.6 Å². The van der Waals surface area contributed by atoms with E-state index in [1.54, 1.807) is 4.90 Å². The number of amides is 1. The monoisotopic (exact) mass is 306 g/mol. The fourth-order valence-electron chi connectivity index (χ4n) is 2.40. The van der Waals surface area contributed by atoms with E-state index in [-0.39, 0.29) is 6.09 Å². The fourth-order valence-corrected chi connectivity index (χ4v) is 2.40. The molecule has 0 unspecified atom stereocenters. The third-order valence-corrected chi connectivity index (χ3v) is 3.88. The van der Waals surface area contributed by atoms with Crippen molar-refractivity contribution in [3.63, 3.8) is 0 Å². The highest BCUT2D eigenvalue weighted by atomic mass is 16.6. The summed E-state index contributed by atoms with van der Waals surface area (Å²) in [7, 11) is 0. The lowest BCUT2D eigenvalue weighted by Gasteiger charge is -2.35. The van der Waals surface area contributed by atoms with E-state index in [1.807, 2.05) is 44.2 Å². The molecule has 1 aromatic carbocycles. The Labute approximate surface area is 132 Å². The topological polar surface area (TPSA) is 53.0 Å². The van der Waals surface area contributed by atoms with Crippen LogP contribution in [0.1, 0.15) is 25.8 Å². The first-order chi connectivity index (χ1) is 10.4. The number of piperazine rings is 1. The van der Waals surface area contributed by atoms with Crippen LogP contribution in [-0.2, 0) is 11.3 Å². The van der Waals surface area contributed by atoms with E-state index in [0.29, 0.717) is 19.7 Å². The molecule has 5 nitrogen and oxygen atoms in total. The van der Waals surface area contributed by atoms with Crippen LogP contribution in [0.25, 0.3) is 0 Å². The average Bonchev–Trinajstić information content (AvgIpc) is 2.51. The molecule has 1 aliphatic heterocycles. The summed E-state index contributed by atoms with van der Waals surface area (Å²) >= 11 is 0. The van der Waals surface area contributed by atoms with E-state index in [2.05, 4.69) is 4.90 Å². The lowest BCUT2D eigenvalue weighted by Crippen LogP contribution is -2.49. The van der Waals surface area contributed by atoms with Gasteiger partial charge in [0.15, 0.2) is 0 Å². The van der Waals surface area contributed by atoms with Gasteiger partial charge in [0.05, 0.1) is 5.60 Å². The number of hydrogen-bond donors (Lipinski definition) is 1. The first-order valence-electron chi connectivity index (χ1n) is 7.84. The summed E-state index contributed by atoms with van der Waals surface area (Å²) in [5, 5.41) is 9.76. The Morgan fingerprint density at radius 2 is 1.82 bits per heavy atom. The molecule has 0 radical (unpaired) electrons. The lowest BCUT2D eigenvalue weighted by molar-refractivity contribution is 0.0418. The quantitative estimate of drug-likeness (QED) is 0.905. The highest BCUT2D eigenvalue weighted by Gasteiger charge is 2.23. The molecule has 2 rings (SSSR count). The van der Waals surface area contributed by atoms with Crippen LogP contribution >= 0.6 is 0 Å². The van der Waals surface area contributed by atoms with E-state index in [1.165, 1.54) is 0 Å². The van der Waals surface area contributed by atoms with Crippen LogP contribution in [0.2, 0.25) is 0 Å². The van der Waals surface area contributed by atoms with Crippen molar-refractivity contribution >= 4 is 6.09 Å². The summed E-state index contributed by atoms with van der Waals surface area (Å²) < 4.78 is 5.35. The van der Waals surface area contributed by atoms with Gasteiger partial charge in [-0.2, -0.15) is 0 Å². The van der Waals surface area contributed by atoms with Crippen LogP contribution in [0, 0.1) is 0 Å². The maximum absolute atomic E-state index is 12.0. The van der Waals surface area contributed by atoms with E-state index < -0.39 is 5.60 Å². The summed E-state index contributed by atoms with van der Waals surface area (Å²) in [4.78, 5) is 16.1. The van der Waals surface area contributed by atoms with E-state index in [9.17, 15) is 9.90 Å². The summed E-state index contributed by atoms with van der Waals surface area (Å²) in [6.07, 6.45) is 0.497. The molecule has 1 heterocycles. The summed E-state index contributed by atoms with van der Waals surface area (Å²) in [5.74, 6) is 0. The zero-order valence-electron chi connectivity index (χ0n) is 13.5. The smallest absolute Gasteiger partial charge is 0.410 e. The Hall–Kier alpha value is -1.59. The second-order valence-corrected chi connectivity index (χ2v) is 6.43. The zero-order valence-corrected chi connectivity index (χ0v) is 13.5. The second-order valence-electron chi connectivity index (χ2n) is 6.43. The molecule has 0 bridgehead atoms. The molecule has 1 aliphatic rings. The Balaban J connectivity index is 1.69. The molecule has 1 amide bonds. The highest BCUT2D eigenvalue weighted by Crippen LogP contribution is 2.11. The van der Waals surface area contributed by atoms with E-state index in [4.69, 9.17) is 4.74 Å². The largest absolute Gasteiger partial charge is 0.445 e. The zero-order chi connectivity index (χ0) is 16.0. The maximum atomic E-state index is 12.0. The van der Waals surface area contributed by atoms with Crippen molar-refractivity contribution in [2.24, 2.45) is 0 Å². The maximum Gasteiger partial charge on any atom is 0.410 e. The number of rotatable bonds is 5. The lowest BCUT2D eigenvalue weighted by atomic mass is 10.1. The normalized spacial score (nSPS) is 16.6. The number of carbonyl (C=O) groups is 1. The van der Waals surface area contributed by atoms with Gasteiger partial charge in [-0.3, -0.25) is 4.90 Å². The summed E-state index contributed by atoms with van der Waals surface area (Å²) in [6, 6.07) is 9.71. The molecule has 1 fully saturated rings. The summed E-state index contributed by atoms with van der Waals surface area (Å²) in [5.41, 5.74) is 0.367. The number of benzene rings is 1. The van der Waals surface area contributed by atoms with Gasteiger partial charge in [-0.25, -0.2) is 4.79 Å². The van der Waals surface area contributed by atoms with Gasteiger partial charge >= 0.3 is 6.09 Å². The number of ether oxygens (including phenoxy) is 1. The third kappa shape index (κ3) is 5.66. The van der Waals surface area contributed by atoms with Gasteiger partial charge in [0.25, 0.3) is 0 Å². The van der Waals surface area contributed by atoms with Gasteiger partial charge in [-0.15, -0.1) is 0 Å². The van der Waals surface area contributed by atoms with Gasteiger partial charge in [0.1, 0.15) is 6.61 Å². The fraction of sp³-hybridized carbons (Fsp3) is 0.588. The molecular weight excluding hydrogens is 280 g/mol. The standard InChI is InChI=1S/C17H26N2O3/c1-17(2,21)8-9-18-10-12-19(13-11-18)16(20)22-14-15-6-4-3-5-7-15/h3-7,21H,8-14H2,1-2H3. The van der Waals surface area contributed by atoms with Gasteiger partial charge in [0.2, 0.25) is 0 Å². The van der Waals surface area contributed by atoms with Crippen LogP contribution in [0.4, 0.5) is 4.79 Å². The number of carbonyl (C=O) groups excluding carboxylic acids is 1. The molecule has 1 N–H and O–H groups in total. The Kier molecular flexibility index (Phi) is 5.80. The summed E-state index contributed by atoms with van der Waals surface area (Å²) in [6.45, 7) is 7.84. The Morgan fingerprint density at radius 1 is 1.18 bits per heavy atom. The third-order valence-electron chi connectivity index (χ3n) is 3.88. The Bertz CT molecular complexity index is 463. The first-order valence-corrected chi connectivity index (χ1v) is 7.84. The van der Waals surface area contributed by atoms with Crippen molar-refractivity contribution in [2.75, 3.05) is 32.7 Å². The average molecular weight is 306 g/mol. The molecule has 5 heteroatoms. The molecule has 0 aromatic heterocycles. The SMILES string of the molecule is CC(C)(O)CCN1CCN(C(=O)OCc2ccccc2)CC1. The van der Waals surface area contributed by atoms with Crippen molar-refractivity contribution in [1.82, 2.24) is 9.80 Å². The number of aliphatic hydroxyl groups is 1. The molecular formula is C17H26N2O3. The molecule has 1 aromatic rings. The van der Waals surface area contributed by atoms with Crippen LogP contribution in [0.5, 0.6) is 0 Å². The van der Waals surface area contributed by atoms with Crippen molar-refractivity contribution in [1.29, 1.82) is 0 Å². The van der Waals surface area contributed by atoms with Crippen LogP contribution in [0.15, 0.2) is 30.3 Å². The van der Waals surface area contributed by atoms with Crippen molar-refractivity contribution < 1.29 is 14.6 Å². The van der Waals surface area contributed by atoms with Crippen LogP contribution in [-0.4, -0.2) is 59.3 Å².